The van der Waals surface area contributed by atoms with Crippen LogP contribution in [0.4, 0.5) is 0 Å². The van der Waals surface area contributed by atoms with Crippen LogP contribution in [-0.4, -0.2) is 92.4 Å². The first kappa shape index (κ1) is 37.7. The lowest BCUT2D eigenvalue weighted by molar-refractivity contribution is -0.143. The van der Waals surface area contributed by atoms with Gasteiger partial charge in [-0.2, -0.15) is 0 Å². The fourth-order valence-corrected chi connectivity index (χ4v) is 6.63. The molecule has 54 heavy (non-hydrogen) atoms. The van der Waals surface area contributed by atoms with Crippen molar-refractivity contribution in [2.45, 2.75) is 75.5 Å². The Morgan fingerprint density at radius 1 is 0.963 bits per heavy atom. The van der Waals surface area contributed by atoms with Gasteiger partial charge in [-0.3, -0.25) is 19.2 Å². The first-order valence-electron chi connectivity index (χ1n) is 17.9. The molecule has 282 valence electrons. The van der Waals surface area contributed by atoms with Crippen LogP contribution in [0.1, 0.15) is 54.2 Å². The second-order valence-corrected chi connectivity index (χ2v) is 13.6. The predicted octanol–water partition coefficient (Wildman–Crippen LogP) is 1.71. The van der Waals surface area contributed by atoms with E-state index in [2.05, 4.69) is 31.6 Å². The van der Waals surface area contributed by atoms with Crippen LogP contribution in [-0.2, 0) is 43.4 Å². The van der Waals surface area contributed by atoms with Crippen LogP contribution in [0.3, 0.4) is 0 Å². The number of aryl methyl sites for hydroxylation is 1. The smallest absolute Gasteiger partial charge is 0.326 e. The van der Waals surface area contributed by atoms with Crippen molar-refractivity contribution in [1.82, 2.24) is 41.2 Å². The van der Waals surface area contributed by atoms with Crippen molar-refractivity contribution < 1.29 is 33.8 Å². The fourth-order valence-electron chi connectivity index (χ4n) is 6.63. The molecule has 1 unspecified atom stereocenters. The van der Waals surface area contributed by atoms with Crippen molar-refractivity contribution in [3.05, 3.63) is 114 Å². The quantitative estimate of drug-likeness (QED) is 0.169. The monoisotopic (exact) mass is 736 g/mol. The summed E-state index contributed by atoms with van der Waals surface area (Å²) in [6.07, 6.45) is 2.37. The van der Waals surface area contributed by atoms with E-state index in [1.165, 1.54) is 4.90 Å². The van der Waals surface area contributed by atoms with E-state index < -0.39 is 65.8 Å². The molecule has 7 rings (SSSR count). The minimum Gasteiger partial charge on any atom is -0.487 e. The summed E-state index contributed by atoms with van der Waals surface area (Å²) in [5.74, 6) is -2.92. The average molecular weight is 737 g/mol. The fraction of sp³-hybridized carbons (Fsp3) is 0.359. The first-order chi connectivity index (χ1) is 26.1. The Kier molecular flexibility index (Phi) is 12.0. The van der Waals surface area contributed by atoms with Crippen LogP contribution in [0.2, 0.25) is 0 Å². The highest BCUT2D eigenvalue weighted by atomic mass is 16.5. The summed E-state index contributed by atoms with van der Waals surface area (Å²) in [6, 6.07) is 19.3. The minimum atomic E-state index is -1.29. The summed E-state index contributed by atoms with van der Waals surface area (Å²) in [5.41, 5.74) is 2.61. The zero-order chi connectivity index (χ0) is 38.2. The molecule has 4 amide bonds. The Balaban J connectivity index is 1.36. The van der Waals surface area contributed by atoms with Gasteiger partial charge in [-0.05, 0) is 55.6 Å². The Hall–Kier alpha value is -6.09. The zero-order valence-corrected chi connectivity index (χ0v) is 30.1. The first-order valence-corrected chi connectivity index (χ1v) is 17.9. The minimum absolute atomic E-state index is 0.0135. The number of carboxylic acid groups (broad SMARTS) is 1. The summed E-state index contributed by atoms with van der Waals surface area (Å²) in [7, 11) is 1.64. The molecule has 3 aliphatic rings. The van der Waals surface area contributed by atoms with E-state index in [1.54, 1.807) is 79.4 Å². The number of aliphatic carboxylic acids is 1. The lowest BCUT2D eigenvalue weighted by Gasteiger charge is -2.30. The average Bonchev–Trinajstić information content (AvgIpc) is 3.86. The van der Waals surface area contributed by atoms with Gasteiger partial charge in [0, 0.05) is 19.4 Å². The second-order valence-electron chi connectivity index (χ2n) is 13.6. The lowest BCUT2D eigenvalue weighted by atomic mass is 10.0. The van der Waals surface area contributed by atoms with Crippen molar-refractivity contribution in [3.8, 4) is 5.75 Å². The number of hydrogen-bond donors (Lipinski definition) is 5. The topological polar surface area (TPSA) is 197 Å². The molecular formula is C39H44N8O7. The predicted molar refractivity (Wildman–Crippen MR) is 196 cm³/mol. The largest absolute Gasteiger partial charge is 0.487 e. The van der Waals surface area contributed by atoms with Crippen molar-refractivity contribution in [3.63, 3.8) is 0 Å². The van der Waals surface area contributed by atoms with Crippen LogP contribution < -0.4 is 26.0 Å². The summed E-state index contributed by atoms with van der Waals surface area (Å²) in [4.78, 5) is 69.9. The zero-order valence-electron chi connectivity index (χ0n) is 30.1. The van der Waals surface area contributed by atoms with Crippen molar-refractivity contribution in [1.29, 1.82) is 0 Å². The van der Waals surface area contributed by atoms with E-state index >= 15 is 0 Å². The van der Waals surface area contributed by atoms with Gasteiger partial charge in [0.25, 0.3) is 5.91 Å². The molecule has 0 aliphatic carbocycles. The van der Waals surface area contributed by atoms with Gasteiger partial charge in [0.15, 0.2) is 0 Å². The number of nitrogens with one attached hydrogen (secondary N) is 4. The molecular weight excluding hydrogens is 692 g/mol. The molecule has 0 radical (unpaired) electrons. The highest BCUT2D eigenvalue weighted by Gasteiger charge is 2.44. The Bertz CT molecular complexity index is 1940. The standard InChI is InChI=1S/C39H44N8O7/c1-24(40-2)35(48)43-34(27-11-7-4-8-12-27)38(51)46-22-29-20-33(46)37(50)41-31(18-15-25-9-5-3-6-10-25)36(49)42-32(39(52)53)19-26-13-16-30(17-14-26)54-23-28-21-47(29)45-44-28/h3-14,16-17,21,24,29,31-34,40H,15,18-20,22-23H2,1-2H3,(H,41,50)(H,42,49)(H,43,48)(H,52,53)/t24-,29-,31-,32-,33-,34?/m0/s1. The maximum absolute atomic E-state index is 14.6. The summed E-state index contributed by atoms with van der Waals surface area (Å²) in [6.45, 7) is 1.80. The number of nitrogens with zero attached hydrogens (tertiary/aromatic N) is 4. The van der Waals surface area contributed by atoms with Gasteiger partial charge >= 0.3 is 5.97 Å². The SMILES string of the molecule is CN[C@@H](C)C(=O)NC(C(=O)N1C[C@@H]2C[C@H]1C(=O)N[C@@H](CCc1ccccc1)C(=O)N[C@H](C(=O)O)Cc1ccc(cc1)OCc1cn2nn1)c1ccccc1. The van der Waals surface area contributed by atoms with Gasteiger partial charge in [0.1, 0.15) is 42.2 Å². The Labute approximate surface area is 312 Å². The number of benzene rings is 3. The summed E-state index contributed by atoms with van der Waals surface area (Å²) >= 11 is 0. The third-order valence-corrected chi connectivity index (χ3v) is 9.85. The maximum Gasteiger partial charge on any atom is 0.326 e. The molecule has 15 nitrogen and oxygen atoms in total. The molecule has 4 aromatic rings. The molecule has 5 N–H and O–H groups in total. The van der Waals surface area contributed by atoms with Gasteiger partial charge in [-0.25, -0.2) is 9.48 Å². The van der Waals surface area contributed by atoms with Crippen LogP contribution in [0.25, 0.3) is 0 Å². The van der Waals surface area contributed by atoms with Gasteiger partial charge in [0.05, 0.1) is 18.3 Å². The Morgan fingerprint density at radius 3 is 2.35 bits per heavy atom. The molecule has 0 saturated carbocycles. The highest BCUT2D eigenvalue weighted by molar-refractivity contribution is 5.96. The van der Waals surface area contributed by atoms with Crippen LogP contribution in [0.15, 0.2) is 91.1 Å². The van der Waals surface area contributed by atoms with E-state index in [-0.39, 0.29) is 32.4 Å². The molecule has 1 fully saturated rings. The molecule has 6 bridgehead atoms. The van der Waals surface area contributed by atoms with E-state index in [0.29, 0.717) is 29.0 Å². The molecule has 1 saturated heterocycles. The van der Waals surface area contributed by atoms with E-state index in [1.807, 2.05) is 30.3 Å². The van der Waals surface area contributed by atoms with Crippen LogP contribution in [0.5, 0.6) is 5.75 Å². The molecule has 3 aromatic carbocycles. The highest BCUT2D eigenvalue weighted by Crippen LogP contribution is 2.31. The Morgan fingerprint density at radius 2 is 1.67 bits per heavy atom. The number of hydrogen-bond acceptors (Lipinski definition) is 9. The number of fused-ring (bicyclic) bond motifs is 9. The normalized spacial score (nSPS) is 21.3. The van der Waals surface area contributed by atoms with Crippen LogP contribution >= 0.6 is 0 Å². The molecule has 3 aliphatic heterocycles. The number of carboxylic acids is 1. The van der Waals surface area contributed by atoms with E-state index in [0.717, 1.165) is 5.56 Å². The van der Waals surface area contributed by atoms with Gasteiger partial charge in [-0.15, -0.1) is 5.10 Å². The molecule has 6 atom stereocenters. The van der Waals surface area contributed by atoms with Crippen molar-refractivity contribution >= 4 is 29.6 Å². The second kappa shape index (κ2) is 17.2. The van der Waals surface area contributed by atoms with Gasteiger partial charge in [-0.1, -0.05) is 78.0 Å². The molecule has 4 heterocycles. The molecule has 0 spiro atoms. The van der Waals surface area contributed by atoms with Gasteiger partial charge < -0.3 is 36.0 Å². The number of carbonyl (C=O) groups excluding carboxylic acids is 4. The van der Waals surface area contributed by atoms with E-state index in [4.69, 9.17) is 4.74 Å². The van der Waals surface area contributed by atoms with Crippen LogP contribution in [0, 0.1) is 0 Å². The lowest BCUT2D eigenvalue weighted by Crippen LogP contribution is -2.56. The number of amides is 4. The molecule has 1 aromatic heterocycles. The van der Waals surface area contributed by atoms with Crippen molar-refractivity contribution in [2.24, 2.45) is 0 Å². The third-order valence-electron chi connectivity index (χ3n) is 9.85. The number of rotatable bonds is 9. The number of likely N-dealkylation sites (N-methyl/N-ethyl adjacent to an activating group) is 1. The summed E-state index contributed by atoms with van der Waals surface area (Å²) in [5, 5.41) is 29.9. The third kappa shape index (κ3) is 9.09. The van der Waals surface area contributed by atoms with E-state index in [9.17, 15) is 29.1 Å². The van der Waals surface area contributed by atoms with Gasteiger partial charge in [0.2, 0.25) is 17.7 Å². The number of aromatic nitrogens is 3. The summed E-state index contributed by atoms with van der Waals surface area (Å²) < 4.78 is 7.51. The maximum atomic E-state index is 14.6. The number of likely N-dealkylation sites (tertiary alicyclic amines) is 1. The number of ether oxygens (including phenoxy) is 1. The number of carbonyl (C=O) groups is 5. The molecule has 15 heteroatoms. The van der Waals surface area contributed by atoms with Crippen molar-refractivity contribution in [2.75, 3.05) is 13.6 Å².